The Balaban J connectivity index is 1.62. The minimum absolute atomic E-state index is 0.0356. The number of nitrogens with zero attached hydrogens (tertiary/aromatic N) is 2. The lowest BCUT2D eigenvalue weighted by atomic mass is 10.4. The van der Waals surface area contributed by atoms with E-state index in [1.165, 1.54) is 11.8 Å². The number of nitrogens with one attached hydrogen (secondary N) is 2. The maximum atomic E-state index is 11.7. The first-order valence-corrected chi connectivity index (χ1v) is 9.09. The Morgan fingerprint density at radius 3 is 3.18 bits per heavy atom. The Kier molecular flexibility index (Phi) is 7.41. The molecule has 6 nitrogen and oxygen atoms in total. The number of amides is 1. The van der Waals surface area contributed by atoms with Gasteiger partial charge < -0.3 is 10.1 Å². The predicted octanol–water partition coefficient (Wildman–Crippen LogP) is 2.56. The maximum absolute atomic E-state index is 11.7. The molecule has 1 amide bonds. The molecule has 0 spiro atoms. The smallest absolute Gasteiger partial charge is 0.230 e. The molecule has 0 atom stereocenters. The molecule has 0 saturated heterocycles. The zero-order chi connectivity index (χ0) is 15.6. The average molecular weight is 340 g/mol. The van der Waals surface area contributed by atoms with Crippen molar-refractivity contribution < 1.29 is 9.53 Å². The number of carbonyl (C=O) groups is 1. The molecule has 2 aromatic rings. The van der Waals surface area contributed by atoms with Gasteiger partial charge in [0.05, 0.1) is 17.2 Å². The highest BCUT2D eigenvalue weighted by Gasteiger charge is 2.09. The second-order valence-electron chi connectivity index (χ2n) is 4.55. The predicted molar refractivity (Wildman–Crippen MR) is 89.2 cm³/mol. The standard InChI is InChI=1S/C14H20N4O2S2/c1-2-3-7-20-8-6-15-12(19)10-22-14-16-13(17-18-14)11-5-4-9-21-11/h4-5,9H,2-3,6-8,10H2,1H3,(H,15,19)(H,16,17,18). The van der Waals surface area contributed by atoms with Crippen molar-refractivity contribution in [2.75, 3.05) is 25.5 Å². The van der Waals surface area contributed by atoms with E-state index in [0.717, 1.165) is 30.2 Å². The zero-order valence-electron chi connectivity index (χ0n) is 12.5. The minimum Gasteiger partial charge on any atom is -0.380 e. The van der Waals surface area contributed by atoms with E-state index in [1.807, 2.05) is 17.5 Å². The second kappa shape index (κ2) is 9.60. The first-order chi connectivity index (χ1) is 10.8. The Morgan fingerprint density at radius 1 is 1.50 bits per heavy atom. The molecule has 0 bridgehead atoms. The number of unbranched alkanes of at least 4 members (excludes halogenated alkanes) is 1. The van der Waals surface area contributed by atoms with Gasteiger partial charge in [-0.25, -0.2) is 4.98 Å². The topological polar surface area (TPSA) is 79.9 Å². The summed E-state index contributed by atoms with van der Waals surface area (Å²) in [4.78, 5) is 17.1. The summed E-state index contributed by atoms with van der Waals surface area (Å²) < 4.78 is 5.38. The van der Waals surface area contributed by atoms with Crippen molar-refractivity contribution in [3.05, 3.63) is 17.5 Å². The monoisotopic (exact) mass is 340 g/mol. The number of ether oxygens (including phenoxy) is 1. The van der Waals surface area contributed by atoms with E-state index >= 15 is 0 Å². The highest BCUT2D eigenvalue weighted by atomic mass is 32.2. The molecule has 0 unspecified atom stereocenters. The number of rotatable bonds is 10. The number of carbonyl (C=O) groups excluding carboxylic acids is 1. The van der Waals surface area contributed by atoms with Gasteiger partial charge >= 0.3 is 0 Å². The van der Waals surface area contributed by atoms with Gasteiger partial charge in [-0.1, -0.05) is 31.2 Å². The van der Waals surface area contributed by atoms with Crippen LogP contribution in [0.5, 0.6) is 0 Å². The molecule has 0 radical (unpaired) electrons. The molecule has 2 heterocycles. The van der Waals surface area contributed by atoms with Crippen LogP contribution in [-0.2, 0) is 9.53 Å². The van der Waals surface area contributed by atoms with Crippen LogP contribution in [0.2, 0.25) is 0 Å². The number of thiophene rings is 1. The van der Waals surface area contributed by atoms with E-state index in [-0.39, 0.29) is 5.91 Å². The van der Waals surface area contributed by atoms with Gasteiger partial charge in [-0.05, 0) is 17.9 Å². The lowest BCUT2D eigenvalue weighted by Gasteiger charge is -2.05. The maximum Gasteiger partial charge on any atom is 0.230 e. The summed E-state index contributed by atoms with van der Waals surface area (Å²) in [6, 6.07) is 3.94. The van der Waals surface area contributed by atoms with Crippen LogP contribution in [0.4, 0.5) is 0 Å². The first kappa shape index (κ1) is 17.0. The van der Waals surface area contributed by atoms with Crippen molar-refractivity contribution in [3.8, 4) is 10.7 Å². The van der Waals surface area contributed by atoms with Gasteiger partial charge in [0.1, 0.15) is 0 Å². The summed E-state index contributed by atoms with van der Waals surface area (Å²) in [5.41, 5.74) is 0. The van der Waals surface area contributed by atoms with Crippen LogP contribution in [-0.4, -0.2) is 46.6 Å². The minimum atomic E-state index is -0.0356. The van der Waals surface area contributed by atoms with E-state index in [4.69, 9.17) is 4.74 Å². The molecule has 0 aliphatic rings. The van der Waals surface area contributed by atoms with Gasteiger partial charge in [0.15, 0.2) is 5.82 Å². The number of H-pyrrole nitrogens is 1. The number of aromatic amines is 1. The molecule has 0 saturated carbocycles. The molecular weight excluding hydrogens is 320 g/mol. The van der Waals surface area contributed by atoms with Crippen molar-refractivity contribution in [2.45, 2.75) is 24.9 Å². The van der Waals surface area contributed by atoms with Gasteiger partial charge in [-0.15, -0.1) is 16.4 Å². The van der Waals surface area contributed by atoms with Crippen molar-refractivity contribution >= 4 is 29.0 Å². The van der Waals surface area contributed by atoms with Crippen LogP contribution in [0.3, 0.4) is 0 Å². The third kappa shape index (κ3) is 5.78. The van der Waals surface area contributed by atoms with Crippen LogP contribution in [0.25, 0.3) is 10.7 Å². The highest BCUT2D eigenvalue weighted by Crippen LogP contribution is 2.22. The first-order valence-electron chi connectivity index (χ1n) is 7.23. The molecule has 0 aliphatic carbocycles. The summed E-state index contributed by atoms with van der Waals surface area (Å²) in [5, 5.41) is 12.4. The molecule has 120 valence electrons. The van der Waals surface area contributed by atoms with Gasteiger partial charge in [-0.2, -0.15) is 0 Å². The van der Waals surface area contributed by atoms with Crippen molar-refractivity contribution in [3.63, 3.8) is 0 Å². The molecule has 0 aliphatic heterocycles. The van der Waals surface area contributed by atoms with Gasteiger partial charge in [0.25, 0.3) is 0 Å². The summed E-state index contributed by atoms with van der Waals surface area (Å²) in [5.74, 6) is 1.00. The Morgan fingerprint density at radius 2 is 2.41 bits per heavy atom. The third-order valence-electron chi connectivity index (χ3n) is 2.76. The largest absolute Gasteiger partial charge is 0.380 e. The lowest BCUT2D eigenvalue weighted by molar-refractivity contribution is -0.118. The number of aromatic nitrogens is 3. The zero-order valence-corrected chi connectivity index (χ0v) is 14.1. The fourth-order valence-electron chi connectivity index (χ4n) is 1.63. The molecular formula is C14H20N4O2S2. The summed E-state index contributed by atoms with van der Waals surface area (Å²) in [6.45, 7) is 3.97. The van der Waals surface area contributed by atoms with Crippen molar-refractivity contribution in [1.82, 2.24) is 20.5 Å². The number of hydrogen-bond acceptors (Lipinski definition) is 6. The summed E-state index contributed by atoms with van der Waals surface area (Å²) in [7, 11) is 0. The van der Waals surface area contributed by atoms with Gasteiger partial charge in [0, 0.05) is 13.2 Å². The van der Waals surface area contributed by atoms with E-state index in [9.17, 15) is 4.79 Å². The molecule has 0 aromatic carbocycles. The van der Waals surface area contributed by atoms with Crippen LogP contribution < -0.4 is 5.32 Å². The highest BCUT2D eigenvalue weighted by molar-refractivity contribution is 7.99. The Labute approximate surface area is 138 Å². The van der Waals surface area contributed by atoms with Crippen LogP contribution in [0.15, 0.2) is 22.7 Å². The van der Waals surface area contributed by atoms with Gasteiger partial charge in [-0.3, -0.25) is 9.89 Å². The fraction of sp³-hybridized carbons (Fsp3) is 0.500. The Hall–Kier alpha value is -1.38. The van der Waals surface area contributed by atoms with Crippen LogP contribution in [0, 0.1) is 0 Å². The fourth-order valence-corrected chi connectivity index (χ4v) is 2.92. The van der Waals surface area contributed by atoms with Gasteiger partial charge in [0.2, 0.25) is 11.1 Å². The average Bonchev–Trinajstić information content (AvgIpc) is 3.19. The molecule has 2 rings (SSSR count). The SMILES string of the molecule is CCCCOCCNC(=O)CSc1n[nH]c(-c2cccs2)n1. The molecule has 2 N–H and O–H groups in total. The lowest BCUT2D eigenvalue weighted by Crippen LogP contribution is -2.28. The van der Waals surface area contributed by atoms with E-state index in [1.54, 1.807) is 11.3 Å². The summed E-state index contributed by atoms with van der Waals surface area (Å²) >= 11 is 2.91. The molecule has 0 fully saturated rings. The molecule has 2 aromatic heterocycles. The molecule has 22 heavy (non-hydrogen) atoms. The number of hydrogen-bond donors (Lipinski definition) is 2. The van der Waals surface area contributed by atoms with Crippen molar-refractivity contribution in [1.29, 1.82) is 0 Å². The summed E-state index contributed by atoms with van der Waals surface area (Å²) in [6.07, 6.45) is 2.17. The molecule has 8 heteroatoms. The quantitative estimate of drug-likeness (QED) is 0.513. The van der Waals surface area contributed by atoms with Crippen LogP contribution >= 0.6 is 23.1 Å². The number of thioether (sulfide) groups is 1. The Bertz CT molecular complexity index is 557. The normalized spacial score (nSPS) is 10.8. The van der Waals surface area contributed by atoms with E-state index in [2.05, 4.69) is 27.4 Å². The van der Waals surface area contributed by atoms with E-state index in [0.29, 0.717) is 24.1 Å². The van der Waals surface area contributed by atoms with E-state index < -0.39 is 0 Å². The third-order valence-corrected chi connectivity index (χ3v) is 4.49. The van der Waals surface area contributed by atoms with Crippen LogP contribution in [0.1, 0.15) is 19.8 Å². The second-order valence-corrected chi connectivity index (χ2v) is 6.44. The van der Waals surface area contributed by atoms with Crippen molar-refractivity contribution in [2.24, 2.45) is 0 Å².